The van der Waals surface area contributed by atoms with Gasteiger partial charge in [-0.25, -0.2) is 0 Å². The first-order valence-electron chi connectivity index (χ1n) is 11.1. The summed E-state index contributed by atoms with van der Waals surface area (Å²) in [5, 5.41) is 5.72. The lowest BCUT2D eigenvalue weighted by Gasteiger charge is -2.55. The summed E-state index contributed by atoms with van der Waals surface area (Å²) in [5.74, 6) is 0.666. The van der Waals surface area contributed by atoms with Gasteiger partial charge in [-0.2, -0.15) is 0 Å². The molecule has 2 aromatic rings. The van der Waals surface area contributed by atoms with Crippen molar-refractivity contribution < 1.29 is 4.79 Å². The fourth-order valence-electron chi connectivity index (χ4n) is 6.47. The van der Waals surface area contributed by atoms with E-state index in [4.69, 9.17) is 0 Å². The average Bonchev–Trinajstić information content (AvgIpc) is 3.02. The number of amides is 1. The number of carbonyl (C=O) groups excluding carboxylic acids is 1. The van der Waals surface area contributed by atoms with Crippen LogP contribution in [0.25, 0.3) is 0 Å². The molecule has 1 aliphatic carbocycles. The minimum absolute atomic E-state index is 0.00926. The van der Waals surface area contributed by atoms with Crippen LogP contribution in [0.2, 0.25) is 0 Å². The Bertz CT molecular complexity index is 907. The van der Waals surface area contributed by atoms with Crippen molar-refractivity contribution >= 4 is 17.2 Å². The molecule has 4 saturated heterocycles. The van der Waals surface area contributed by atoms with E-state index < -0.39 is 0 Å². The van der Waals surface area contributed by atoms with Crippen LogP contribution in [0.5, 0.6) is 0 Å². The van der Waals surface area contributed by atoms with Crippen LogP contribution in [-0.2, 0) is 18.3 Å². The van der Waals surface area contributed by atoms with Gasteiger partial charge in [-0.05, 0) is 36.8 Å². The summed E-state index contributed by atoms with van der Waals surface area (Å²) in [6.07, 6.45) is 4.70. The zero-order valence-corrected chi connectivity index (χ0v) is 17.7. The first-order chi connectivity index (χ1) is 14.2. The van der Waals surface area contributed by atoms with Gasteiger partial charge in [-0.1, -0.05) is 30.3 Å². The predicted octanol–water partition coefficient (Wildman–Crippen LogP) is 2.92. The monoisotopic (exact) mass is 407 g/mol. The Balaban J connectivity index is 1.37. The van der Waals surface area contributed by atoms with Crippen LogP contribution in [0.1, 0.15) is 39.2 Å². The van der Waals surface area contributed by atoms with Crippen LogP contribution in [0.3, 0.4) is 0 Å². The highest BCUT2D eigenvalue weighted by Gasteiger charge is 2.55. The molecule has 5 heterocycles. The molecule has 1 aromatic carbocycles. The lowest BCUT2D eigenvalue weighted by atomic mass is 9.64. The molecular formula is C24H29N3OS. The maximum absolute atomic E-state index is 13.5. The minimum Gasteiger partial charge on any atom is -0.348 e. The quantitative estimate of drug-likeness (QED) is 0.850. The number of nitrogens with zero attached hydrogens (tertiary/aromatic N) is 2. The summed E-state index contributed by atoms with van der Waals surface area (Å²) < 4.78 is 0. The second-order valence-electron chi connectivity index (χ2n) is 9.46. The van der Waals surface area contributed by atoms with Crippen molar-refractivity contribution in [2.24, 2.45) is 5.92 Å². The smallest absolute Gasteiger partial charge is 0.252 e. The van der Waals surface area contributed by atoms with E-state index in [9.17, 15) is 4.79 Å². The number of nitrogens with one attached hydrogen (secondary N) is 1. The fourth-order valence-corrected chi connectivity index (χ4v) is 7.60. The van der Waals surface area contributed by atoms with Gasteiger partial charge in [0.2, 0.25) is 0 Å². The zero-order chi connectivity index (χ0) is 19.4. The van der Waals surface area contributed by atoms with Gasteiger partial charge in [0.15, 0.2) is 0 Å². The Kier molecular flexibility index (Phi) is 4.33. The summed E-state index contributed by atoms with van der Waals surface area (Å²) >= 11 is 1.79. The molecule has 1 aromatic heterocycles. The molecule has 152 valence electrons. The number of rotatable bonds is 3. The molecule has 4 nitrogen and oxygen atoms in total. The van der Waals surface area contributed by atoms with Crippen molar-refractivity contribution in [1.82, 2.24) is 15.1 Å². The highest BCUT2D eigenvalue weighted by atomic mass is 32.1. The Morgan fingerprint density at radius 3 is 2.52 bits per heavy atom. The average molecular weight is 408 g/mol. The van der Waals surface area contributed by atoms with E-state index in [-0.39, 0.29) is 17.4 Å². The molecule has 7 rings (SSSR count). The number of hydrogen-bond donors (Lipinski definition) is 1. The highest BCUT2D eigenvalue weighted by Crippen LogP contribution is 2.43. The molecule has 5 aliphatic rings. The van der Waals surface area contributed by atoms with Crippen LogP contribution < -0.4 is 5.32 Å². The molecule has 4 aliphatic heterocycles. The molecule has 3 atom stereocenters. The van der Waals surface area contributed by atoms with Crippen LogP contribution in [-0.4, -0.2) is 61.0 Å². The van der Waals surface area contributed by atoms with Crippen LogP contribution in [0, 0.1) is 5.92 Å². The first kappa shape index (κ1) is 18.1. The molecule has 3 unspecified atom stereocenters. The van der Waals surface area contributed by atoms with Gasteiger partial charge in [0.1, 0.15) is 0 Å². The Morgan fingerprint density at radius 1 is 1.03 bits per heavy atom. The van der Waals surface area contributed by atoms with Gasteiger partial charge in [-0.3, -0.25) is 4.79 Å². The molecule has 29 heavy (non-hydrogen) atoms. The fraction of sp³-hybridized carbons (Fsp3) is 0.542. The van der Waals surface area contributed by atoms with Gasteiger partial charge in [0.25, 0.3) is 5.91 Å². The summed E-state index contributed by atoms with van der Waals surface area (Å²) in [5.41, 5.74) is 3.67. The van der Waals surface area contributed by atoms with Gasteiger partial charge in [0.05, 0.1) is 5.56 Å². The van der Waals surface area contributed by atoms with Gasteiger partial charge >= 0.3 is 0 Å². The number of benzene rings is 1. The standard InChI is InChI=1S/C24H29N3OS/c28-23(20-14-29-21-9-5-4-8-19(20)21)25-22-17-12-26-10-11-27(13-17)16-24(22,15-26)18-6-2-1-3-7-18/h1-3,6-7,14,17,22H,4-5,8-13,15-16H2,(H,25,28). The van der Waals surface area contributed by atoms with E-state index in [1.165, 1.54) is 28.8 Å². The van der Waals surface area contributed by atoms with E-state index in [2.05, 4.69) is 50.8 Å². The summed E-state index contributed by atoms with van der Waals surface area (Å²) in [4.78, 5) is 20.2. The Labute approximate surface area is 176 Å². The second kappa shape index (κ2) is 6.93. The molecule has 4 bridgehead atoms. The van der Waals surface area contributed by atoms with Gasteiger partial charge in [0, 0.05) is 66.9 Å². The SMILES string of the molecule is O=C(NC1C2CN3CCN(C2)CC1(c1ccccc1)C3)c1csc2c1CCCC2. The number of carbonyl (C=O) groups is 1. The predicted molar refractivity (Wildman–Crippen MR) is 117 cm³/mol. The third-order valence-corrected chi connectivity index (χ3v) is 8.83. The minimum atomic E-state index is -0.00926. The van der Waals surface area contributed by atoms with E-state index in [0.717, 1.165) is 57.7 Å². The van der Waals surface area contributed by atoms with Crippen molar-refractivity contribution in [2.75, 3.05) is 39.3 Å². The third kappa shape index (κ3) is 2.89. The molecule has 1 amide bonds. The first-order valence-corrected chi connectivity index (χ1v) is 12.0. The molecule has 0 spiro atoms. The molecule has 0 saturated carbocycles. The van der Waals surface area contributed by atoms with Crippen molar-refractivity contribution in [3.8, 4) is 0 Å². The summed E-state index contributed by atoms with van der Waals surface area (Å²) in [6.45, 7) is 6.64. The van der Waals surface area contributed by atoms with E-state index >= 15 is 0 Å². The maximum atomic E-state index is 13.5. The van der Waals surface area contributed by atoms with Crippen LogP contribution in [0.15, 0.2) is 35.7 Å². The lowest BCUT2D eigenvalue weighted by molar-refractivity contribution is 0.0180. The summed E-state index contributed by atoms with van der Waals surface area (Å²) in [7, 11) is 0. The maximum Gasteiger partial charge on any atom is 0.252 e. The van der Waals surface area contributed by atoms with Crippen LogP contribution in [0.4, 0.5) is 0 Å². The Morgan fingerprint density at radius 2 is 1.76 bits per heavy atom. The van der Waals surface area contributed by atoms with Crippen molar-refractivity contribution in [1.29, 1.82) is 0 Å². The third-order valence-electron chi connectivity index (χ3n) is 7.74. The summed E-state index contributed by atoms with van der Waals surface area (Å²) in [6, 6.07) is 11.2. The number of piperidine rings is 2. The normalized spacial score (nSPS) is 35.2. The topological polar surface area (TPSA) is 35.6 Å². The van der Waals surface area contributed by atoms with E-state index in [1.54, 1.807) is 11.3 Å². The van der Waals surface area contributed by atoms with E-state index in [0.29, 0.717) is 5.92 Å². The largest absolute Gasteiger partial charge is 0.348 e. The number of hydrogen-bond acceptors (Lipinski definition) is 4. The zero-order valence-electron chi connectivity index (χ0n) is 16.9. The van der Waals surface area contributed by atoms with Crippen molar-refractivity contribution in [3.63, 3.8) is 0 Å². The van der Waals surface area contributed by atoms with Gasteiger partial charge < -0.3 is 15.1 Å². The van der Waals surface area contributed by atoms with Crippen LogP contribution >= 0.6 is 11.3 Å². The molecule has 1 N–H and O–H groups in total. The molecular weight excluding hydrogens is 378 g/mol. The molecule has 4 fully saturated rings. The highest BCUT2D eigenvalue weighted by molar-refractivity contribution is 7.10. The van der Waals surface area contributed by atoms with Crippen molar-refractivity contribution in [2.45, 2.75) is 37.1 Å². The molecule has 0 radical (unpaired) electrons. The number of fused-ring (bicyclic) bond motifs is 2. The number of thiophene rings is 1. The van der Waals surface area contributed by atoms with Gasteiger partial charge in [-0.15, -0.1) is 11.3 Å². The van der Waals surface area contributed by atoms with E-state index in [1.807, 2.05) is 0 Å². The Hall–Kier alpha value is -1.69. The molecule has 5 heteroatoms. The second-order valence-corrected chi connectivity index (χ2v) is 10.4. The van der Waals surface area contributed by atoms with Crippen molar-refractivity contribution in [3.05, 3.63) is 57.3 Å². The lowest BCUT2D eigenvalue weighted by Crippen LogP contribution is -2.70. The number of aryl methyl sites for hydroxylation is 1.